The Morgan fingerprint density at radius 2 is 2.07 bits per heavy atom. The minimum atomic E-state index is -0.0209. The fraction of sp³-hybridized carbons (Fsp3) is 0.222. The highest BCUT2D eigenvalue weighted by Crippen LogP contribution is 2.08. The molecule has 0 saturated heterocycles. The molecular weight excluding hydrogens is 178 g/mol. The van der Waals surface area contributed by atoms with E-state index in [0.29, 0.717) is 5.95 Å². The standard InChI is InChI=1S/C9H11N5/c1-7(10)8-5-13-14(6-8)9-11-3-2-4-12-9/h2-7H,10H2,1H3/t7-/m1/s1. The lowest BCUT2D eigenvalue weighted by molar-refractivity contribution is 0.797. The third-order valence-electron chi connectivity index (χ3n) is 1.89. The van der Waals surface area contributed by atoms with E-state index in [1.807, 2.05) is 13.1 Å². The van der Waals surface area contributed by atoms with Crippen molar-refractivity contribution in [3.8, 4) is 5.95 Å². The van der Waals surface area contributed by atoms with Crippen molar-refractivity contribution in [3.05, 3.63) is 36.4 Å². The van der Waals surface area contributed by atoms with Crippen LogP contribution in [-0.2, 0) is 0 Å². The Labute approximate surface area is 81.6 Å². The van der Waals surface area contributed by atoms with Gasteiger partial charge in [0.05, 0.1) is 6.20 Å². The summed E-state index contributed by atoms with van der Waals surface area (Å²) in [6.07, 6.45) is 6.91. The van der Waals surface area contributed by atoms with Crippen LogP contribution >= 0.6 is 0 Å². The normalized spacial score (nSPS) is 12.7. The van der Waals surface area contributed by atoms with Crippen LogP contribution in [0.3, 0.4) is 0 Å². The van der Waals surface area contributed by atoms with Crippen LogP contribution in [0.5, 0.6) is 0 Å². The van der Waals surface area contributed by atoms with E-state index in [9.17, 15) is 0 Å². The van der Waals surface area contributed by atoms with Crippen LogP contribution in [0.25, 0.3) is 5.95 Å². The lowest BCUT2D eigenvalue weighted by atomic mass is 10.2. The molecule has 2 aromatic heterocycles. The van der Waals surface area contributed by atoms with Gasteiger partial charge in [-0.15, -0.1) is 0 Å². The Balaban J connectivity index is 2.34. The van der Waals surface area contributed by atoms with Gasteiger partial charge in [-0.3, -0.25) is 0 Å². The summed E-state index contributed by atoms with van der Waals surface area (Å²) in [6, 6.07) is 1.74. The molecule has 0 spiro atoms. The predicted molar refractivity (Wildman–Crippen MR) is 51.8 cm³/mol. The molecule has 0 aliphatic heterocycles. The molecule has 0 bridgehead atoms. The lowest BCUT2D eigenvalue weighted by Gasteiger charge is -1.98. The van der Waals surface area contributed by atoms with Gasteiger partial charge in [0.15, 0.2) is 0 Å². The highest BCUT2D eigenvalue weighted by molar-refractivity contribution is 5.15. The van der Waals surface area contributed by atoms with Crippen molar-refractivity contribution in [1.82, 2.24) is 19.7 Å². The summed E-state index contributed by atoms with van der Waals surface area (Å²) in [5, 5.41) is 4.12. The van der Waals surface area contributed by atoms with Gasteiger partial charge in [-0.1, -0.05) is 0 Å². The number of nitrogens with two attached hydrogens (primary N) is 1. The molecule has 2 heterocycles. The summed E-state index contributed by atoms with van der Waals surface area (Å²) >= 11 is 0. The topological polar surface area (TPSA) is 69.6 Å². The van der Waals surface area contributed by atoms with Crippen molar-refractivity contribution >= 4 is 0 Å². The molecule has 5 nitrogen and oxygen atoms in total. The Kier molecular flexibility index (Phi) is 2.24. The number of hydrogen-bond acceptors (Lipinski definition) is 4. The quantitative estimate of drug-likeness (QED) is 0.754. The van der Waals surface area contributed by atoms with E-state index in [1.54, 1.807) is 29.3 Å². The molecule has 0 aliphatic carbocycles. The van der Waals surface area contributed by atoms with Crippen molar-refractivity contribution in [1.29, 1.82) is 0 Å². The van der Waals surface area contributed by atoms with E-state index in [-0.39, 0.29) is 6.04 Å². The Morgan fingerprint density at radius 1 is 1.36 bits per heavy atom. The summed E-state index contributed by atoms with van der Waals surface area (Å²) < 4.78 is 1.61. The molecule has 0 unspecified atom stereocenters. The monoisotopic (exact) mass is 189 g/mol. The summed E-state index contributed by atoms with van der Waals surface area (Å²) in [5.74, 6) is 0.555. The maximum Gasteiger partial charge on any atom is 0.250 e. The maximum absolute atomic E-state index is 5.71. The van der Waals surface area contributed by atoms with Crippen molar-refractivity contribution in [2.24, 2.45) is 5.73 Å². The summed E-state index contributed by atoms with van der Waals surface area (Å²) in [5.41, 5.74) is 6.68. The Morgan fingerprint density at radius 3 is 2.64 bits per heavy atom. The number of nitrogens with zero attached hydrogens (tertiary/aromatic N) is 4. The third kappa shape index (κ3) is 1.62. The maximum atomic E-state index is 5.71. The van der Waals surface area contributed by atoms with Crippen molar-refractivity contribution in [3.63, 3.8) is 0 Å². The second kappa shape index (κ2) is 3.55. The first-order chi connectivity index (χ1) is 6.77. The zero-order chi connectivity index (χ0) is 9.97. The van der Waals surface area contributed by atoms with Crippen LogP contribution < -0.4 is 5.73 Å². The number of hydrogen-bond donors (Lipinski definition) is 1. The molecule has 0 aromatic carbocycles. The van der Waals surface area contributed by atoms with Crippen LogP contribution in [0.4, 0.5) is 0 Å². The predicted octanol–water partition coefficient (Wildman–Crippen LogP) is 0.682. The van der Waals surface area contributed by atoms with Gasteiger partial charge in [-0.25, -0.2) is 14.6 Å². The fourth-order valence-electron chi connectivity index (χ4n) is 1.09. The summed E-state index contributed by atoms with van der Waals surface area (Å²) in [6.45, 7) is 1.91. The van der Waals surface area contributed by atoms with Crippen LogP contribution in [0, 0.1) is 0 Å². The number of rotatable bonds is 2. The zero-order valence-electron chi connectivity index (χ0n) is 7.83. The van der Waals surface area contributed by atoms with Crippen LogP contribution in [0.15, 0.2) is 30.9 Å². The molecule has 1 atom stereocenters. The second-order valence-corrected chi connectivity index (χ2v) is 3.06. The van der Waals surface area contributed by atoms with Crippen LogP contribution in [-0.4, -0.2) is 19.7 Å². The summed E-state index contributed by atoms with van der Waals surface area (Å²) in [7, 11) is 0. The van der Waals surface area contributed by atoms with Crippen molar-refractivity contribution < 1.29 is 0 Å². The molecular formula is C9H11N5. The molecule has 0 radical (unpaired) electrons. The van der Waals surface area contributed by atoms with Crippen LogP contribution in [0.2, 0.25) is 0 Å². The molecule has 0 fully saturated rings. The lowest BCUT2D eigenvalue weighted by Crippen LogP contribution is -2.04. The minimum absolute atomic E-state index is 0.0209. The largest absolute Gasteiger partial charge is 0.324 e. The fourth-order valence-corrected chi connectivity index (χ4v) is 1.09. The minimum Gasteiger partial charge on any atom is -0.324 e. The number of aromatic nitrogens is 4. The first-order valence-corrected chi connectivity index (χ1v) is 4.35. The SMILES string of the molecule is C[C@@H](N)c1cnn(-c2ncccn2)c1. The molecule has 5 heteroatoms. The van der Waals surface area contributed by atoms with Crippen molar-refractivity contribution in [2.75, 3.05) is 0 Å². The van der Waals surface area contributed by atoms with Gasteiger partial charge in [-0.05, 0) is 13.0 Å². The van der Waals surface area contributed by atoms with Gasteiger partial charge in [0.25, 0.3) is 0 Å². The average Bonchev–Trinajstić information content (AvgIpc) is 2.68. The van der Waals surface area contributed by atoms with Gasteiger partial charge in [0.2, 0.25) is 5.95 Å². The molecule has 2 rings (SSSR count). The Hall–Kier alpha value is -1.75. The second-order valence-electron chi connectivity index (χ2n) is 3.06. The van der Waals surface area contributed by atoms with Gasteiger partial charge >= 0.3 is 0 Å². The van der Waals surface area contributed by atoms with Crippen LogP contribution in [0.1, 0.15) is 18.5 Å². The first kappa shape index (κ1) is 8.83. The molecule has 2 N–H and O–H groups in total. The van der Waals surface area contributed by atoms with E-state index >= 15 is 0 Å². The van der Waals surface area contributed by atoms with E-state index < -0.39 is 0 Å². The van der Waals surface area contributed by atoms with E-state index in [0.717, 1.165) is 5.56 Å². The average molecular weight is 189 g/mol. The molecule has 14 heavy (non-hydrogen) atoms. The molecule has 72 valence electrons. The van der Waals surface area contributed by atoms with Crippen molar-refractivity contribution in [2.45, 2.75) is 13.0 Å². The van der Waals surface area contributed by atoms with Gasteiger partial charge in [0.1, 0.15) is 0 Å². The third-order valence-corrected chi connectivity index (χ3v) is 1.89. The van der Waals surface area contributed by atoms with Gasteiger partial charge < -0.3 is 5.73 Å². The van der Waals surface area contributed by atoms with Gasteiger partial charge in [-0.2, -0.15) is 5.10 Å². The molecule has 0 saturated carbocycles. The van der Waals surface area contributed by atoms with E-state index in [2.05, 4.69) is 15.1 Å². The summed E-state index contributed by atoms with van der Waals surface area (Å²) in [4.78, 5) is 8.14. The smallest absolute Gasteiger partial charge is 0.250 e. The molecule has 2 aromatic rings. The first-order valence-electron chi connectivity index (χ1n) is 4.35. The zero-order valence-corrected chi connectivity index (χ0v) is 7.83. The molecule has 0 aliphatic rings. The highest BCUT2D eigenvalue weighted by atomic mass is 15.3. The van der Waals surface area contributed by atoms with E-state index in [4.69, 9.17) is 5.73 Å². The van der Waals surface area contributed by atoms with Gasteiger partial charge in [0, 0.05) is 30.2 Å². The van der Waals surface area contributed by atoms with E-state index in [1.165, 1.54) is 0 Å². The highest BCUT2D eigenvalue weighted by Gasteiger charge is 2.05. The Bertz CT molecular complexity index is 406. The molecule has 0 amide bonds.